The maximum atomic E-state index is 13.0. The quantitative estimate of drug-likeness (QED) is 0.547. The Balaban J connectivity index is 1.76. The lowest BCUT2D eigenvalue weighted by Gasteiger charge is -2.04. The van der Waals surface area contributed by atoms with E-state index < -0.39 is 15.7 Å². The van der Waals surface area contributed by atoms with Crippen LogP contribution >= 0.6 is 11.3 Å². The molecule has 0 radical (unpaired) electrons. The fourth-order valence-electron chi connectivity index (χ4n) is 3.24. The third-order valence-corrected chi connectivity index (χ3v) is 7.67. The molecule has 0 atom stereocenters. The Morgan fingerprint density at radius 3 is 2.52 bits per heavy atom. The number of rotatable bonds is 6. The zero-order valence-electron chi connectivity index (χ0n) is 16.6. The van der Waals surface area contributed by atoms with E-state index >= 15 is 0 Å². The Bertz CT molecular complexity index is 1220. The van der Waals surface area contributed by atoms with Crippen LogP contribution in [0.15, 0.2) is 46.3 Å². The van der Waals surface area contributed by atoms with E-state index in [0.29, 0.717) is 11.3 Å². The second-order valence-electron chi connectivity index (χ2n) is 6.94. The Morgan fingerprint density at radius 2 is 1.86 bits per heavy atom. The zero-order chi connectivity index (χ0) is 21.2. The van der Waals surface area contributed by atoms with Crippen molar-refractivity contribution < 1.29 is 17.6 Å². The SMILES string of the molecule is CCn1c(=NC(=O)CCCS(=O)(=O)c2ccc(F)cc2)sc2c(C)cc(C)cc21. The molecule has 0 bridgehead atoms. The summed E-state index contributed by atoms with van der Waals surface area (Å²) in [6, 6.07) is 8.89. The molecule has 0 aliphatic heterocycles. The van der Waals surface area contributed by atoms with E-state index in [4.69, 9.17) is 0 Å². The minimum absolute atomic E-state index is 0.0381. The van der Waals surface area contributed by atoms with Crippen LogP contribution in [-0.2, 0) is 21.2 Å². The molecule has 0 aliphatic rings. The van der Waals surface area contributed by atoms with E-state index in [1.165, 1.54) is 23.5 Å². The summed E-state index contributed by atoms with van der Waals surface area (Å²) in [5.74, 6) is -1.02. The molecule has 0 aliphatic carbocycles. The molecular weight excluding hydrogens is 411 g/mol. The molecule has 0 saturated heterocycles. The van der Waals surface area contributed by atoms with Crippen molar-refractivity contribution in [1.29, 1.82) is 0 Å². The first-order valence-electron chi connectivity index (χ1n) is 9.37. The monoisotopic (exact) mass is 434 g/mol. The fraction of sp³-hybridized carbons (Fsp3) is 0.333. The molecule has 3 aromatic rings. The average molecular weight is 435 g/mol. The van der Waals surface area contributed by atoms with Crippen molar-refractivity contribution in [3.63, 3.8) is 0 Å². The third-order valence-electron chi connectivity index (χ3n) is 4.63. The number of thiazole rings is 1. The minimum Gasteiger partial charge on any atom is -0.317 e. The molecule has 29 heavy (non-hydrogen) atoms. The van der Waals surface area contributed by atoms with Crippen LogP contribution in [0.25, 0.3) is 10.2 Å². The molecule has 3 rings (SSSR count). The summed E-state index contributed by atoms with van der Waals surface area (Å²) in [4.78, 5) is 17.3. The van der Waals surface area contributed by atoms with Gasteiger partial charge >= 0.3 is 0 Å². The maximum Gasteiger partial charge on any atom is 0.248 e. The average Bonchev–Trinajstić information content (AvgIpc) is 2.99. The van der Waals surface area contributed by atoms with Crippen molar-refractivity contribution in [2.45, 2.75) is 45.1 Å². The molecule has 1 heterocycles. The van der Waals surface area contributed by atoms with Gasteiger partial charge in [0.1, 0.15) is 5.82 Å². The van der Waals surface area contributed by atoms with Crippen molar-refractivity contribution in [3.8, 4) is 0 Å². The largest absolute Gasteiger partial charge is 0.317 e. The van der Waals surface area contributed by atoms with Crippen molar-refractivity contribution in [2.75, 3.05) is 5.75 Å². The molecule has 0 N–H and O–H groups in total. The summed E-state index contributed by atoms with van der Waals surface area (Å²) < 4.78 is 40.7. The van der Waals surface area contributed by atoms with Gasteiger partial charge in [-0.05, 0) is 68.7 Å². The number of benzene rings is 2. The van der Waals surface area contributed by atoms with Gasteiger partial charge in [-0.2, -0.15) is 4.99 Å². The number of hydrogen-bond acceptors (Lipinski definition) is 4. The second kappa shape index (κ2) is 8.59. The zero-order valence-corrected chi connectivity index (χ0v) is 18.2. The first-order valence-corrected chi connectivity index (χ1v) is 11.8. The maximum absolute atomic E-state index is 13.0. The molecule has 0 spiro atoms. The third kappa shape index (κ3) is 4.82. The van der Waals surface area contributed by atoms with Crippen LogP contribution in [0, 0.1) is 19.7 Å². The van der Waals surface area contributed by atoms with Crippen LogP contribution in [0.4, 0.5) is 4.39 Å². The van der Waals surface area contributed by atoms with Crippen LogP contribution in [0.5, 0.6) is 0 Å². The smallest absolute Gasteiger partial charge is 0.248 e. The normalized spacial score (nSPS) is 12.6. The van der Waals surface area contributed by atoms with Gasteiger partial charge in [-0.25, -0.2) is 12.8 Å². The van der Waals surface area contributed by atoms with Gasteiger partial charge in [-0.3, -0.25) is 4.79 Å². The summed E-state index contributed by atoms with van der Waals surface area (Å²) in [7, 11) is -3.55. The fourth-order valence-corrected chi connectivity index (χ4v) is 5.71. The minimum atomic E-state index is -3.55. The topological polar surface area (TPSA) is 68.5 Å². The van der Waals surface area contributed by atoms with Gasteiger partial charge in [0, 0.05) is 13.0 Å². The van der Waals surface area contributed by atoms with Crippen LogP contribution < -0.4 is 4.80 Å². The van der Waals surface area contributed by atoms with E-state index in [1.807, 2.05) is 25.3 Å². The number of halogens is 1. The van der Waals surface area contributed by atoms with Gasteiger partial charge in [-0.1, -0.05) is 17.4 Å². The number of carbonyl (C=O) groups is 1. The Labute approximate surface area is 173 Å². The molecule has 8 heteroatoms. The van der Waals surface area contributed by atoms with Crippen molar-refractivity contribution in [1.82, 2.24) is 4.57 Å². The molecule has 154 valence electrons. The summed E-state index contributed by atoms with van der Waals surface area (Å²) >= 11 is 1.47. The van der Waals surface area contributed by atoms with E-state index in [0.717, 1.165) is 33.5 Å². The van der Waals surface area contributed by atoms with Crippen LogP contribution in [0.2, 0.25) is 0 Å². The van der Waals surface area contributed by atoms with Crippen molar-refractivity contribution in [3.05, 3.63) is 58.1 Å². The number of carbonyl (C=O) groups excluding carboxylic acids is 1. The number of amides is 1. The van der Waals surface area contributed by atoms with Crippen LogP contribution in [-0.4, -0.2) is 24.6 Å². The molecule has 1 amide bonds. The second-order valence-corrected chi connectivity index (χ2v) is 10.0. The standard InChI is InChI=1S/C21H23FN2O3S2/c1-4-24-18-13-14(2)12-15(3)20(18)28-21(24)23-19(25)6-5-11-29(26,27)17-9-7-16(22)8-10-17/h7-10,12-13H,4-6,11H2,1-3H3. The number of sulfone groups is 1. The molecule has 0 fully saturated rings. The van der Waals surface area contributed by atoms with Gasteiger partial charge in [0.2, 0.25) is 5.91 Å². The van der Waals surface area contributed by atoms with Crippen molar-refractivity contribution in [2.24, 2.45) is 4.99 Å². The summed E-state index contributed by atoms with van der Waals surface area (Å²) in [5, 5.41) is 0. The Hall–Kier alpha value is -2.32. The molecule has 5 nitrogen and oxygen atoms in total. The predicted octanol–water partition coefficient (Wildman–Crippen LogP) is 4.16. The highest BCUT2D eigenvalue weighted by atomic mass is 32.2. The highest BCUT2D eigenvalue weighted by molar-refractivity contribution is 7.91. The predicted molar refractivity (Wildman–Crippen MR) is 113 cm³/mol. The molecule has 1 aromatic heterocycles. The van der Waals surface area contributed by atoms with E-state index in [2.05, 4.69) is 17.1 Å². The van der Waals surface area contributed by atoms with Crippen molar-refractivity contribution >= 4 is 37.3 Å². The summed E-state index contributed by atoms with van der Waals surface area (Å²) in [6.07, 6.45) is 0.202. The Kier molecular flexibility index (Phi) is 6.33. The lowest BCUT2D eigenvalue weighted by Crippen LogP contribution is -2.16. The number of fused-ring (bicyclic) bond motifs is 1. The lowest BCUT2D eigenvalue weighted by atomic mass is 10.1. The molecule has 2 aromatic carbocycles. The molecule has 0 saturated carbocycles. The van der Waals surface area contributed by atoms with Gasteiger partial charge in [0.25, 0.3) is 0 Å². The van der Waals surface area contributed by atoms with Gasteiger partial charge in [0.15, 0.2) is 14.6 Å². The van der Waals surface area contributed by atoms with E-state index in [-0.39, 0.29) is 29.4 Å². The first-order chi connectivity index (χ1) is 13.7. The number of hydrogen-bond donors (Lipinski definition) is 0. The Morgan fingerprint density at radius 1 is 1.17 bits per heavy atom. The van der Waals surface area contributed by atoms with Gasteiger partial charge < -0.3 is 4.57 Å². The summed E-state index contributed by atoms with van der Waals surface area (Å²) in [6.45, 7) is 6.77. The van der Waals surface area contributed by atoms with E-state index in [9.17, 15) is 17.6 Å². The number of nitrogens with zero attached hydrogens (tertiary/aromatic N) is 2. The van der Waals surface area contributed by atoms with Gasteiger partial charge in [0.05, 0.1) is 20.9 Å². The number of aryl methyl sites for hydroxylation is 3. The van der Waals surface area contributed by atoms with E-state index in [1.54, 1.807) is 0 Å². The van der Waals surface area contributed by atoms with Crippen LogP contribution in [0.1, 0.15) is 30.9 Å². The lowest BCUT2D eigenvalue weighted by molar-refractivity contribution is -0.118. The van der Waals surface area contributed by atoms with Crippen LogP contribution in [0.3, 0.4) is 0 Å². The first kappa shape index (κ1) is 21.4. The highest BCUT2D eigenvalue weighted by Gasteiger charge is 2.15. The van der Waals surface area contributed by atoms with Gasteiger partial charge in [-0.15, -0.1) is 0 Å². The molecule has 0 unspecified atom stereocenters. The number of aromatic nitrogens is 1. The highest BCUT2D eigenvalue weighted by Crippen LogP contribution is 2.23. The summed E-state index contributed by atoms with van der Waals surface area (Å²) in [5.41, 5.74) is 3.35. The molecular formula is C21H23FN2O3S2.